The number of aromatic hydroxyl groups is 1. The third-order valence-corrected chi connectivity index (χ3v) is 3.62. The first-order valence-corrected chi connectivity index (χ1v) is 6.96. The highest BCUT2D eigenvalue weighted by Gasteiger charge is 2.28. The smallest absolute Gasteiger partial charge is 0.310 e. The van der Waals surface area contributed by atoms with Crippen LogP contribution >= 0.6 is 0 Å². The van der Waals surface area contributed by atoms with E-state index in [1.165, 1.54) is 0 Å². The topological polar surface area (TPSA) is 57.5 Å². The highest BCUT2D eigenvalue weighted by molar-refractivity contribution is 5.76. The molecule has 1 atom stereocenters. The van der Waals surface area contributed by atoms with Crippen molar-refractivity contribution in [1.29, 1.82) is 0 Å². The lowest BCUT2D eigenvalue weighted by molar-refractivity contribution is -0.138. The summed E-state index contributed by atoms with van der Waals surface area (Å²) in [4.78, 5) is 11.2. The van der Waals surface area contributed by atoms with Crippen molar-refractivity contribution in [3.63, 3.8) is 0 Å². The molecule has 3 heteroatoms. The van der Waals surface area contributed by atoms with Gasteiger partial charge in [0.25, 0.3) is 0 Å². The molecule has 0 aromatic heterocycles. The molecule has 0 bridgehead atoms. The summed E-state index contributed by atoms with van der Waals surface area (Å²) in [5.41, 5.74) is 1.86. The van der Waals surface area contributed by atoms with Crippen LogP contribution in [0.2, 0.25) is 0 Å². The first-order valence-electron chi connectivity index (χ1n) is 6.96. The van der Waals surface area contributed by atoms with Gasteiger partial charge in [-0.15, -0.1) is 0 Å². The number of aliphatic carboxylic acids is 1. The first-order chi connectivity index (χ1) is 8.85. The van der Waals surface area contributed by atoms with Crippen LogP contribution in [0.25, 0.3) is 0 Å². The van der Waals surface area contributed by atoms with Crippen molar-refractivity contribution in [1.82, 2.24) is 0 Å². The molecule has 0 spiro atoms. The molecular weight excluding hydrogens is 264 g/mol. The number of benzene rings is 1. The summed E-state index contributed by atoms with van der Waals surface area (Å²) in [5.74, 6) is -1.15. The van der Waals surface area contributed by atoms with E-state index in [1.54, 1.807) is 6.92 Å². The van der Waals surface area contributed by atoms with Crippen LogP contribution in [0.15, 0.2) is 12.1 Å². The third-order valence-electron chi connectivity index (χ3n) is 3.62. The molecule has 0 amide bonds. The van der Waals surface area contributed by atoms with Gasteiger partial charge in [0.2, 0.25) is 0 Å². The molecule has 1 aromatic carbocycles. The lowest BCUT2D eigenvalue weighted by Gasteiger charge is -2.28. The van der Waals surface area contributed by atoms with Gasteiger partial charge in [-0.1, -0.05) is 53.7 Å². The molecule has 1 aromatic rings. The molecule has 0 saturated heterocycles. The van der Waals surface area contributed by atoms with Crippen LogP contribution < -0.4 is 0 Å². The molecule has 0 saturated carbocycles. The normalized spacial score (nSPS) is 13.5. The van der Waals surface area contributed by atoms with Gasteiger partial charge in [-0.2, -0.15) is 0 Å². The average Bonchev–Trinajstić information content (AvgIpc) is 2.24. The summed E-state index contributed by atoms with van der Waals surface area (Å²) in [7, 11) is 0. The monoisotopic (exact) mass is 290 g/mol. The van der Waals surface area contributed by atoms with Gasteiger partial charge in [0.1, 0.15) is 5.75 Å². The van der Waals surface area contributed by atoms with Gasteiger partial charge >= 0.3 is 5.97 Å². The van der Waals surface area contributed by atoms with E-state index in [0.29, 0.717) is 0 Å². The van der Waals surface area contributed by atoms with Gasteiger partial charge < -0.3 is 10.2 Å². The Morgan fingerprint density at radius 1 is 1.00 bits per heavy atom. The van der Waals surface area contributed by atoms with Crippen molar-refractivity contribution in [3.8, 4) is 5.75 Å². The zero-order chi connectivity index (χ0) is 15.9. The summed E-state index contributed by atoms with van der Waals surface area (Å²) >= 11 is 0. The number of carboxylic acids is 1. The molecule has 3 nitrogen and oxygen atoms in total. The lowest BCUT2D eigenvalue weighted by atomic mass is 9.77. The maximum atomic E-state index is 11.2. The van der Waals surface area contributed by atoms with Crippen molar-refractivity contribution in [2.24, 2.45) is 0 Å². The van der Waals surface area contributed by atoms with E-state index >= 15 is 0 Å². The van der Waals surface area contributed by atoms with E-state index in [9.17, 15) is 15.0 Å². The van der Waals surface area contributed by atoms with Gasteiger partial charge in [0.05, 0.1) is 5.92 Å². The minimum Gasteiger partial charge on any atom is -0.507 e. The Hall–Kier alpha value is -1.51. The zero-order valence-corrected chi connectivity index (χ0v) is 14.0. The fourth-order valence-corrected chi connectivity index (χ4v) is 2.19. The predicted octanol–water partition coefficient (Wildman–Crippen LogP) is 4.26. The Morgan fingerprint density at radius 2 is 1.33 bits per heavy atom. The molecule has 1 rings (SSSR count). The lowest BCUT2D eigenvalue weighted by Crippen LogP contribution is -2.19. The van der Waals surface area contributed by atoms with Crippen molar-refractivity contribution in [2.45, 2.75) is 65.2 Å². The van der Waals surface area contributed by atoms with Gasteiger partial charge in [-0.25, -0.2) is 0 Å². The zero-order valence-electron chi connectivity index (χ0n) is 14.0. The summed E-state index contributed by atoms with van der Waals surface area (Å²) in [6.07, 6.45) is 0. The third kappa shape index (κ3) is 4.23. The summed E-state index contributed by atoms with van der Waals surface area (Å²) in [6.45, 7) is 13.8. The second-order valence-electron chi connectivity index (χ2n) is 7.52. The predicted molar refractivity (Wildman–Crippen MR) is 84.8 cm³/mol. The second-order valence-corrected chi connectivity index (χ2v) is 7.52. The largest absolute Gasteiger partial charge is 0.507 e. The number of rotatable bonds is 2. The molecule has 0 aliphatic carbocycles. The van der Waals surface area contributed by atoms with Gasteiger partial charge in [-0.3, -0.25) is 4.79 Å². The van der Waals surface area contributed by atoms with Crippen molar-refractivity contribution in [3.05, 3.63) is 36.2 Å². The van der Waals surface area contributed by atoms with Gasteiger partial charge in [-0.05, 0) is 34.4 Å². The molecule has 116 valence electrons. The summed E-state index contributed by atoms with van der Waals surface area (Å²) in [5, 5.41) is 19.8. The molecule has 1 unspecified atom stereocenters. The Balaban J connectivity index is 0.00000400. The fraction of sp³-hybridized carbons (Fsp3) is 0.556. The average molecular weight is 290 g/mol. The van der Waals surface area contributed by atoms with Crippen LogP contribution in [-0.4, -0.2) is 16.2 Å². The quantitative estimate of drug-likeness (QED) is 0.855. The van der Waals surface area contributed by atoms with Gasteiger partial charge in [0, 0.05) is 7.43 Å². The molecule has 0 aliphatic heterocycles. The molecule has 0 fully saturated rings. The number of hydrogen-bond donors (Lipinski definition) is 2. The Labute approximate surface area is 129 Å². The van der Waals surface area contributed by atoms with Crippen molar-refractivity contribution in [2.75, 3.05) is 0 Å². The van der Waals surface area contributed by atoms with Crippen LogP contribution in [0.3, 0.4) is 0 Å². The maximum Gasteiger partial charge on any atom is 0.310 e. The van der Waals surface area contributed by atoms with Gasteiger partial charge in [0.15, 0.2) is 0 Å². The van der Waals surface area contributed by atoms with Crippen molar-refractivity contribution < 1.29 is 15.0 Å². The molecule has 0 aliphatic rings. The fourth-order valence-electron chi connectivity index (χ4n) is 2.19. The highest BCUT2D eigenvalue weighted by atomic mass is 16.4. The molecular formula is C18H26O3. The van der Waals surface area contributed by atoms with E-state index < -0.39 is 11.9 Å². The molecule has 4 radical (unpaired) electrons. The number of phenolic OH excluding ortho intramolecular Hbond substituents is 1. The maximum absolute atomic E-state index is 11.2. The summed E-state index contributed by atoms with van der Waals surface area (Å²) in [6, 6.07) is 3.65. The number of carbonyl (C=O) groups is 1. The molecule has 2 N–H and O–H groups in total. The number of hydrogen-bond acceptors (Lipinski definition) is 2. The Morgan fingerprint density at radius 3 is 1.57 bits per heavy atom. The number of carboxylic acid groups (broad SMARTS) is 1. The Kier molecular flexibility index (Phi) is 5.65. The van der Waals surface area contributed by atoms with E-state index in [-0.39, 0.29) is 24.0 Å². The van der Waals surface area contributed by atoms with Crippen LogP contribution in [0.1, 0.15) is 71.1 Å². The van der Waals surface area contributed by atoms with E-state index in [1.807, 2.05) is 53.7 Å². The Bertz CT molecular complexity index is 481. The first kappa shape index (κ1) is 19.5. The van der Waals surface area contributed by atoms with E-state index in [4.69, 9.17) is 0 Å². The highest BCUT2D eigenvalue weighted by Crippen LogP contribution is 2.41. The van der Waals surface area contributed by atoms with Crippen LogP contribution in [0.5, 0.6) is 5.75 Å². The van der Waals surface area contributed by atoms with E-state index in [0.717, 1.165) is 16.7 Å². The SMILES string of the molecule is CC(C(=O)O)c1cc(C(C)(C)C)c(O)c(C(C)(C)C)c1.[C]. The molecule has 0 heterocycles. The van der Waals surface area contributed by atoms with E-state index in [2.05, 4.69) is 0 Å². The van der Waals surface area contributed by atoms with Crippen LogP contribution in [0.4, 0.5) is 0 Å². The van der Waals surface area contributed by atoms with Crippen molar-refractivity contribution >= 4 is 5.97 Å². The minimum atomic E-state index is -0.851. The van der Waals surface area contributed by atoms with Crippen LogP contribution in [0, 0.1) is 7.43 Å². The minimum absolute atomic E-state index is 0. The number of phenols is 1. The molecule has 21 heavy (non-hydrogen) atoms. The standard InChI is InChI=1S/C17H26O3.C/c1-10(15(19)20)11-8-12(16(2,3)4)14(18)13(9-11)17(5,6)7;/h8-10,18H,1-7H3,(H,19,20);. The summed E-state index contributed by atoms with van der Waals surface area (Å²) < 4.78 is 0. The van der Waals surface area contributed by atoms with Crippen LogP contribution in [-0.2, 0) is 15.6 Å². The second kappa shape index (κ2) is 6.08.